The highest BCUT2D eigenvalue weighted by atomic mass is 35.5. The Hall–Kier alpha value is -2.85. The number of carbonyl (C=O) groups excluding carboxylic acids is 3. The summed E-state index contributed by atoms with van der Waals surface area (Å²) in [5.41, 5.74) is 5.70. The number of aromatic nitrogens is 1. The Morgan fingerprint density at radius 1 is 1.31 bits per heavy atom. The molecule has 2 amide bonds. The predicted octanol–water partition coefficient (Wildman–Crippen LogP) is 2.40. The SMILES string of the molecule is CCN(C(C)=O)c1nc(COC(=O)c2cc(Cl)c(OCC(N)=O)c(OC)c2)cs1. The van der Waals surface area contributed by atoms with E-state index in [1.54, 1.807) is 5.38 Å². The maximum atomic E-state index is 12.4. The number of halogens is 1. The Morgan fingerprint density at radius 3 is 2.62 bits per heavy atom. The number of hydrogen-bond donors (Lipinski definition) is 1. The fraction of sp³-hybridized carbons (Fsp3) is 0.333. The average Bonchev–Trinajstić information content (AvgIpc) is 3.13. The molecule has 0 unspecified atom stereocenters. The summed E-state index contributed by atoms with van der Waals surface area (Å²) in [4.78, 5) is 40.7. The molecule has 156 valence electrons. The summed E-state index contributed by atoms with van der Waals surface area (Å²) in [6, 6.07) is 2.72. The van der Waals surface area contributed by atoms with Gasteiger partial charge in [-0.05, 0) is 19.1 Å². The number of esters is 1. The average molecular weight is 442 g/mol. The van der Waals surface area contributed by atoms with Crippen molar-refractivity contribution in [2.75, 3.05) is 25.2 Å². The normalized spacial score (nSPS) is 10.3. The zero-order chi connectivity index (χ0) is 21.6. The molecule has 0 bridgehead atoms. The topological polar surface area (TPSA) is 121 Å². The minimum atomic E-state index is -0.680. The third-order valence-electron chi connectivity index (χ3n) is 3.64. The Labute approximate surface area is 176 Å². The predicted molar refractivity (Wildman–Crippen MR) is 108 cm³/mol. The van der Waals surface area contributed by atoms with Gasteiger partial charge in [-0.3, -0.25) is 14.5 Å². The van der Waals surface area contributed by atoms with E-state index in [9.17, 15) is 14.4 Å². The number of carbonyl (C=O) groups is 3. The summed E-state index contributed by atoms with van der Waals surface area (Å²) in [6.45, 7) is 3.32. The molecule has 29 heavy (non-hydrogen) atoms. The van der Waals surface area contributed by atoms with Crippen LogP contribution in [0.2, 0.25) is 5.02 Å². The van der Waals surface area contributed by atoms with Gasteiger partial charge in [0.1, 0.15) is 6.61 Å². The number of nitrogens with two attached hydrogens (primary N) is 1. The van der Waals surface area contributed by atoms with Gasteiger partial charge in [0.15, 0.2) is 23.2 Å². The molecule has 9 nitrogen and oxygen atoms in total. The van der Waals surface area contributed by atoms with Crippen molar-refractivity contribution in [3.05, 3.63) is 33.8 Å². The zero-order valence-corrected chi connectivity index (χ0v) is 17.6. The Balaban J connectivity index is 2.09. The van der Waals surface area contributed by atoms with E-state index < -0.39 is 11.9 Å². The van der Waals surface area contributed by atoms with Crippen LogP contribution in [0.15, 0.2) is 17.5 Å². The maximum Gasteiger partial charge on any atom is 0.338 e. The van der Waals surface area contributed by atoms with Crippen LogP contribution in [0.5, 0.6) is 11.5 Å². The van der Waals surface area contributed by atoms with Crippen LogP contribution in [0.1, 0.15) is 29.9 Å². The van der Waals surface area contributed by atoms with Gasteiger partial charge >= 0.3 is 5.97 Å². The molecular formula is C18H20ClN3O6S. The van der Waals surface area contributed by atoms with Crippen LogP contribution in [0.4, 0.5) is 5.13 Å². The second kappa shape index (κ2) is 10.1. The van der Waals surface area contributed by atoms with Crippen molar-refractivity contribution < 1.29 is 28.6 Å². The molecule has 2 rings (SSSR count). The summed E-state index contributed by atoms with van der Waals surface area (Å²) in [6.07, 6.45) is 0. The molecule has 2 N–H and O–H groups in total. The summed E-state index contributed by atoms with van der Waals surface area (Å²) >= 11 is 7.41. The van der Waals surface area contributed by atoms with Crippen molar-refractivity contribution in [2.24, 2.45) is 5.73 Å². The maximum absolute atomic E-state index is 12.4. The summed E-state index contributed by atoms with van der Waals surface area (Å²) in [5.74, 6) is -1.20. The quantitative estimate of drug-likeness (QED) is 0.593. The fourth-order valence-corrected chi connectivity index (χ4v) is 3.51. The van der Waals surface area contributed by atoms with Gasteiger partial charge in [0, 0.05) is 18.8 Å². The van der Waals surface area contributed by atoms with E-state index in [1.807, 2.05) is 6.92 Å². The lowest BCUT2D eigenvalue weighted by Crippen LogP contribution is -2.27. The summed E-state index contributed by atoms with van der Waals surface area (Å²) in [5, 5.41) is 2.31. The van der Waals surface area contributed by atoms with Crippen molar-refractivity contribution in [1.82, 2.24) is 4.98 Å². The number of thiazole rings is 1. The van der Waals surface area contributed by atoms with Gasteiger partial charge in [-0.25, -0.2) is 9.78 Å². The van der Waals surface area contributed by atoms with Crippen LogP contribution >= 0.6 is 22.9 Å². The van der Waals surface area contributed by atoms with Crippen LogP contribution in [0, 0.1) is 0 Å². The van der Waals surface area contributed by atoms with E-state index in [2.05, 4.69) is 4.98 Å². The van der Waals surface area contributed by atoms with Crippen LogP contribution in [0.3, 0.4) is 0 Å². The molecule has 0 saturated heterocycles. The molecule has 0 atom stereocenters. The van der Waals surface area contributed by atoms with E-state index in [0.29, 0.717) is 17.4 Å². The number of anilines is 1. The van der Waals surface area contributed by atoms with Crippen molar-refractivity contribution >= 4 is 45.9 Å². The first kappa shape index (κ1) is 22.4. The first-order valence-corrected chi connectivity index (χ1v) is 9.70. The molecular weight excluding hydrogens is 422 g/mol. The van der Waals surface area contributed by atoms with E-state index in [0.717, 1.165) is 0 Å². The number of benzene rings is 1. The number of rotatable bonds is 9. The molecule has 1 aromatic carbocycles. The molecule has 0 aliphatic carbocycles. The Bertz CT molecular complexity index is 917. The van der Waals surface area contributed by atoms with Gasteiger partial charge < -0.3 is 19.9 Å². The van der Waals surface area contributed by atoms with E-state index in [-0.39, 0.29) is 41.2 Å². The third kappa shape index (κ3) is 5.81. The molecule has 0 aliphatic rings. The smallest absolute Gasteiger partial charge is 0.338 e. The largest absolute Gasteiger partial charge is 0.493 e. The Morgan fingerprint density at radius 2 is 2.03 bits per heavy atom. The molecule has 0 radical (unpaired) electrons. The highest BCUT2D eigenvalue weighted by molar-refractivity contribution is 7.14. The van der Waals surface area contributed by atoms with Crippen molar-refractivity contribution in [3.8, 4) is 11.5 Å². The van der Waals surface area contributed by atoms with Gasteiger partial charge in [0.25, 0.3) is 5.91 Å². The molecule has 2 aromatic rings. The number of ether oxygens (including phenoxy) is 3. The van der Waals surface area contributed by atoms with Gasteiger partial charge in [0.05, 0.1) is 23.4 Å². The minimum Gasteiger partial charge on any atom is -0.493 e. The third-order valence-corrected chi connectivity index (χ3v) is 4.84. The fourth-order valence-electron chi connectivity index (χ4n) is 2.32. The first-order valence-electron chi connectivity index (χ1n) is 8.45. The van der Waals surface area contributed by atoms with Crippen LogP contribution < -0.4 is 20.1 Å². The minimum absolute atomic E-state index is 0.0635. The lowest BCUT2D eigenvalue weighted by Gasteiger charge is -2.14. The van der Waals surface area contributed by atoms with Crippen molar-refractivity contribution in [3.63, 3.8) is 0 Å². The standard InChI is InChI=1S/C18H20ClN3O6S/c1-4-22(10(2)23)18-21-12(9-29-18)7-28-17(25)11-5-13(19)16(14(6-11)26-3)27-8-15(20)24/h5-6,9H,4,7-8H2,1-3H3,(H2,20,24). The van der Waals surface area contributed by atoms with Crippen LogP contribution in [0.25, 0.3) is 0 Å². The van der Waals surface area contributed by atoms with Gasteiger partial charge in [0.2, 0.25) is 5.91 Å². The monoisotopic (exact) mass is 441 g/mol. The molecule has 0 fully saturated rings. The second-order valence-corrected chi connectivity index (χ2v) is 6.95. The summed E-state index contributed by atoms with van der Waals surface area (Å²) in [7, 11) is 1.36. The highest BCUT2D eigenvalue weighted by Crippen LogP contribution is 2.36. The second-order valence-electron chi connectivity index (χ2n) is 5.71. The number of amides is 2. The van der Waals surface area contributed by atoms with E-state index >= 15 is 0 Å². The lowest BCUT2D eigenvalue weighted by molar-refractivity contribution is -0.120. The van der Waals surface area contributed by atoms with Crippen molar-refractivity contribution in [1.29, 1.82) is 0 Å². The zero-order valence-electron chi connectivity index (χ0n) is 16.1. The Kier molecular flexibility index (Phi) is 7.80. The molecule has 1 aromatic heterocycles. The number of methoxy groups -OCH3 is 1. The highest BCUT2D eigenvalue weighted by Gasteiger charge is 2.19. The lowest BCUT2D eigenvalue weighted by atomic mass is 10.2. The molecule has 0 spiro atoms. The van der Waals surface area contributed by atoms with Gasteiger partial charge in [-0.1, -0.05) is 11.6 Å². The number of primary amides is 1. The molecule has 11 heteroatoms. The van der Waals surface area contributed by atoms with E-state index in [1.165, 1.54) is 42.4 Å². The van der Waals surface area contributed by atoms with Crippen LogP contribution in [-0.2, 0) is 20.9 Å². The molecule has 1 heterocycles. The first-order chi connectivity index (χ1) is 13.8. The van der Waals surface area contributed by atoms with Crippen LogP contribution in [-0.4, -0.2) is 43.0 Å². The number of nitrogens with zero attached hydrogens (tertiary/aromatic N) is 2. The van der Waals surface area contributed by atoms with E-state index in [4.69, 9.17) is 31.5 Å². The summed E-state index contributed by atoms with van der Waals surface area (Å²) < 4.78 is 15.6. The van der Waals surface area contributed by atoms with Gasteiger partial charge in [-0.2, -0.15) is 0 Å². The number of hydrogen-bond acceptors (Lipinski definition) is 8. The molecule has 0 saturated carbocycles. The van der Waals surface area contributed by atoms with Crippen molar-refractivity contribution in [2.45, 2.75) is 20.5 Å². The molecule has 0 aliphatic heterocycles. The van der Waals surface area contributed by atoms with Gasteiger partial charge in [-0.15, -0.1) is 11.3 Å².